The van der Waals surface area contributed by atoms with Gasteiger partial charge in [-0.3, -0.25) is 0 Å². The molecule has 0 aromatic carbocycles. The summed E-state index contributed by atoms with van der Waals surface area (Å²) >= 11 is 0. The number of hydrogen-bond acceptors (Lipinski definition) is 3. The van der Waals surface area contributed by atoms with Crippen molar-refractivity contribution in [3.8, 4) is 11.5 Å². The maximum absolute atomic E-state index is 9.53. The standard InChI is InChI=1S/C11H23NO2Si/c1-4-15(5-2,6-3)8-7-11(14)10(12)9-13/h10-11,13-14H,4-6,9,12H2,1-3H3/t10-,11+/m0/s1. The first-order valence-corrected chi connectivity index (χ1v) is 8.24. The Kier molecular flexibility index (Phi) is 6.86. The largest absolute Gasteiger partial charge is 0.395 e. The van der Waals surface area contributed by atoms with Crippen molar-refractivity contribution in [2.45, 2.75) is 51.0 Å². The summed E-state index contributed by atoms with van der Waals surface area (Å²) in [6.45, 7) is 6.25. The fourth-order valence-electron chi connectivity index (χ4n) is 1.45. The van der Waals surface area contributed by atoms with Gasteiger partial charge < -0.3 is 15.9 Å². The van der Waals surface area contributed by atoms with Crippen molar-refractivity contribution in [2.75, 3.05) is 6.61 Å². The van der Waals surface area contributed by atoms with Crippen LogP contribution in [0.25, 0.3) is 0 Å². The summed E-state index contributed by atoms with van der Waals surface area (Å²) < 4.78 is 0. The van der Waals surface area contributed by atoms with Gasteiger partial charge in [-0.05, 0) is 18.1 Å². The number of hydrogen-bond donors (Lipinski definition) is 3. The second-order valence-corrected chi connectivity index (χ2v) is 8.83. The van der Waals surface area contributed by atoms with Gasteiger partial charge in [-0.2, -0.15) is 0 Å². The van der Waals surface area contributed by atoms with Crippen LogP contribution in [0.2, 0.25) is 18.1 Å². The molecule has 0 heterocycles. The molecular weight excluding hydrogens is 206 g/mol. The quantitative estimate of drug-likeness (QED) is 0.481. The zero-order valence-electron chi connectivity index (χ0n) is 9.95. The van der Waals surface area contributed by atoms with Crippen LogP contribution in [0.15, 0.2) is 0 Å². The molecule has 0 amide bonds. The molecule has 0 aliphatic rings. The Morgan fingerprint density at radius 3 is 2.00 bits per heavy atom. The minimum absolute atomic E-state index is 0.227. The fraction of sp³-hybridized carbons (Fsp3) is 0.818. The van der Waals surface area contributed by atoms with E-state index in [1.807, 2.05) is 0 Å². The predicted octanol–water partition coefficient (Wildman–Crippen LogP) is 0.718. The Morgan fingerprint density at radius 1 is 1.20 bits per heavy atom. The molecule has 0 aliphatic carbocycles. The molecule has 0 saturated carbocycles. The van der Waals surface area contributed by atoms with Crippen LogP contribution in [-0.4, -0.2) is 37.0 Å². The van der Waals surface area contributed by atoms with Gasteiger partial charge in [0.25, 0.3) is 0 Å². The van der Waals surface area contributed by atoms with E-state index in [4.69, 9.17) is 10.8 Å². The molecule has 15 heavy (non-hydrogen) atoms. The first-order valence-electron chi connectivity index (χ1n) is 5.62. The molecule has 0 aliphatic heterocycles. The van der Waals surface area contributed by atoms with E-state index in [0.717, 1.165) is 18.1 Å². The van der Waals surface area contributed by atoms with E-state index in [0.29, 0.717) is 0 Å². The van der Waals surface area contributed by atoms with Crippen LogP contribution in [0, 0.1) is 11.5 Å². The SMILES string of the molecule is CC[Si](C#C[C@@H](O)[C@@H](N)CO)(CC)CC. The van der Waals surface area contributed by atoms with Crippen LogP contribution in [0.5, 0.6) is 0 Å². The summed E-state index contributed by atoms with van der Waals surface area (Å²) in [6.07, 6.45) is -0.897. The van der Waals surface area contributed by atoms with Crippen molar-refractivity contribution in [3.05, 3.63) is 0 Å². The van der Waals surface area contributed by atoms with Crippen LogP contribution in [0.4, 0.5) is 0 Å². The Hall–Kier alpha value is -0.343. The zero-order valence-corrected chi connectivity index (χ0v) is 11.0. The summed E-state index contributed by atoms with van der Waals surface area (Å²) in [4.78, 5) is 0. The summed E-state index contributed by atoms with van der Waals surface area (Å²) in [6, 6.07) is 2.67. The second-order valence-electron chi connectivity index (χ2n) is 3.90. The van der Waals surface area contributed by atoms with E-state index in [2.05, 4.69) is 32.2 Å². The summed E-state index contributed by atoms with van der Waals surface area (Å²) in [5.41, 5.74) is 8.73. The van der Waals surface area contributed by atoms with Crippen LogP contribution < -0.4 is 5.73 Å². The lowest BCUT2D eigenvalue weighted by atomic mass is 10.2. The van der Waals surface area contributed by atoms with E-state index in [-0.39, 0.29) is 6.61 Å². The van der Waals surface area contributed by atoms with Crippen molar-refractivity contribution in [3.63, 3.8) is 0 Å². The van der Waals surface area contributed by atoms with Crippen LogP contribution in [0.1, 0.15) is 20.8 Å². The van der Waals surface area contributed by atoms with Gasteiger partial charge >= 0.3 is 0 Å². The fourth-order valence-corrected chi connectivity index (χ4v) is 3.93. The lowest BCUT2D eigenvalue weighted by molar-refractivity contribution is 0.151. The van der Waals surface area contributed by atoms with Crippen molar-refractivity contribution in [2.24, 2.45) is 5.73 Å². The molecule has 88 valence electrons. The first-order chi connectivity index (χ1) is 7.05. The van der Waals surface area contributed by atoms with E-state index in [1.165, 1.54) is 0 Å². The molecule has 3 nitrogen and oxygen atoms in total. The van der Waals surface area contributed by atoms with Crippen molar-refractivity contribution in [1.29, 1.82) is 0 Å². The lowest BCUT2D eigenvalue weighted by Crippen LogP contribution is -2.38. The number of aliphatic hydroxyl groups is 2. The molecule has 0 aromatic rings. The number of rotatable bonds is 5. The molecule has 4 heteroatoms. The molecule has 0 rings (SSSR count). The van der Waals surface area contributed by atoms with Crippen molar-refractivity contribution < 1.29 is 10.2 Å². The smallest absolute Gasteiger partial charge is 0.137 e. The first kappa shape index (κ1) is 14.7. The van der Waals surface area contributed by atoms with Crippen molar-refractivity contribution in [1.82, 2.24) is 0 Å². The predicted molar refractivity (Wildman–Crippen MR) is 66.0 cm³/mol. The van der Waals surface area contributed by atoms with Gasteiger partial charge in [0.15, 0.2) is 0 Å². The third-order valence-corrected chi connectivity index (χ3v) is 7.87. The number of aliphatic hydroxyl groups excluding tert-OH is 2. The minimum Gasteiger partial charge on any atom is -0.395 e. The molecule has 4 N–H and O–H groups in total. The highest BCUT2D eigenvalue weighted by Gasteiger charge is 2.24. The average Bonchev–Trinajstić information content (AvgIpc) is 2.30. The maximum atomic E-state index is 9.53. The van der Waals surface area contributed by atoms with Crippen LogP contribution in [-0.2, 0) is 0 Å². The van der Waals surface area contributed by atoms with E-state index in [9.17, 15) is 5.11 Å². The molecule has 0 unspecified atom stereocenters. The van der Waals surface area contributed by atoms with Gasteiger partial charge in [0.05, 0.1) is 12.6 Å². The van der Waals surface area contributed by atoms with Crippen molar-refractivity contribution >= 4 is 8.07 Å². The van der Waals surface area contributed by atoms with E-state index >= 15 is 0 Å². The van der Waals surface area contributed by atoms with Gasteiger partial charge in [0.2, 0.25) is 0 Å². The average molecular weight is 229 g/mol. The summed E-state index contributed by atoms with van der Waals surface area (Å²) in [5, 5.41) is 18.3. The van der Waals surface area contributed by atoms with E-state index in [1.54, 1.807) is 0 Å². The van der Waals surface area contributed by atoms with Gasteiger partial charge in [-0.15, -0.1) is 5.54 Å². The zero-order chi connectivity index (χ0) is 11.9. The minimum atomic E-state index is -1.50. The highest BCUT2D eigenvalue weighted by molar-refractivity contribution is 6.87. The normalized spacial score (nSPS) is 15.3. The molecule has 0 radical (unpaired) electrons. The Labute approximate surface area is 93.7 Å². The molecule has 0 saturated heterocycles. The highest BCUT2D eigenvalue weighted by Crippen LogP contribution is 2.18. The van der Waals surface area contributed by atoms with Crippen LogP contribution >= 0.6 is 0 Å². The second kappa shape index (κ2) is 7.02. The van der Waals surface area contributed by atoms with E-state index < -0.39 is 20.2 Å². The maximum Gasteiger partial charge on any atom is 0.137 e. The third-order valence-electron chi connectivity index (χ3n) is 3.13. The highest BCUT2D eigenvalue weighted by atomic mass is 28.3. The summed E-state index contributed by atoms with van der Waals surface area (Å²) in [7, 11) is -1.50. The Bertz CT molecular complexity index is 222. The van der Waals surface area contributed by atoms with Gasteiger partial charge in [0, 0.05) is 0 Å². The Balaban J connectivity index is 4.59. The monoisotopic (exact) mass is 229 g/mol. The molecule has 0 aromatic heterocycles. The summed E-state index contributed by atoms with van der Waals surface area (Å²) in [5.74, 6) is 2.81. The third kappa shape index (κ3) is 4.35. The lowest BCUT2D eigenvalue weighted by Gasteiger charge is -2.20. The number of nitrogens with two attached hydrogens (primary N) is 1. The van der Waals surface area contributed by atoms with Gasteiger partial charge in [0.1, 0.15) is 14.2 Å². The topological polar surface area (TPSA) is 66.5 Å². The molecule has 0 bridgehead atoms. The molecule has 0 spiro atoms. The Morgan fingerprint density at radius 2 is 1.67 bits per heavy atom. The molecule has 0 fully saturated rings. The van der Waals surface area contributed by atoms with Crippen LogP contribution in [0.3, 0.4) is 0 Å². The van der Waals surface area contributed by atoms with Gasteiger partial charge in [-0.1, -0.05) is 26.7 Å². The van der Waals surface area contributed by atoms with Gasteiger partial charge in [-0.25, -0.2) is 0 Å². The molecule has 2 atom stereocenters. The molecular formula is C11H23NO2Si.